The fraction of sp³-hybridized carbons (Fsp3) is 0.571. The third-order valence-corrected chi connectivity index (χ3v) is 5.01. The van der Waals surface area contributed by atoms with Crippen LogP contribution >= 0.6 is 0 Å². The summed E-state index contributed by atoms with van der Waals surface area (Å²) >= 11 is 0. The van der Waals surface area contributed by atoms with Crippen LogP contribution in [-0.2, 0) is 9.59 Å². The van der Waals surface area contributed by atoms with E-state index in [0.717, 1.165) is 32.1 Å². The first-order valence-electron chi connectivity index (χ1n) is 10.00. The van der Waals surface area contributed by atoms with Crippen LogP contribution < -0.4 is 16.0 Å². The summed E-state index contributed by atoms with van der Waals surface area (Å²) in [5.74, 6) is -0.471. The van der Waals surface area contributed by atoms with Crippen LogP contribution in [-0.4, -0.2) is 36.3 Å². The minimum absolute atomic E-state index is 0.0719. The third kappa shape index (κ3) is 6.38. The molecule has 1 aliphatic rings. The zero-order chi connectivity index (χ0) is 19.5. The van der Waals surface area contributed by atoms with Crippen molar-refractivity contribution >= 4 is 17.7 Å². The zero-order valence-electron chi connectivity index (χ0n) is 16.2. The van der Waals surface area contributed by atoms with E-state index in [9.17, 15) is 14.4 Å². The Morgan fingerprint density at radius 2 is 1.67 bits per heavy atom. The largest absolute Gasteiger partial charge is 0.354 e. The van der Waals surface area contributed by atoms with Crippen molar-refractivity contribution < 1.29 is 14.4 Å². The molecule has 27 heavy (non-hydrogen) atoms. The van der Waals surface area contributed by atoms with E-state index in [1.807, 2.05) is 6.07 Å². The molecule has 0 aromatic heterocycles. The zero-order valence-corrected chi connectivity index (χ0v) is 16.2. The molecule has 1 aromatic carbocycles. The van der Waals surface area contributed by atoms with Crippen LogP contribution in [0.15, 0.2) is 30.3 Å². The first-order chi connectivity index (χ1) is 13.1. The Bertz CT molecular complexity index is 625. The van der Waals surface area contributed by atoms with Gasteiger partial charge in [0.25, 0.3) is 5.91 Å². The molecular formula is C21H31N3O3. The Morgan fingerprint density at radius 3 is 2.33 bits per heavy atom. The fourth-order valence-corrected chi connectivity index (χ4v) is 3.42. The van der Waals surface area contributed by atoms with Crippen molar-refractivity contribution in [2.75, 3.05) is 13.1 Å². The first kappa shape index (κ1) is 20.9. The van der Waals surface area contributed by atoms with Crippen molar-refractivity contribution in [1.29, 1.82) is 0 Å². The summed E-state index contributed by atoms with van der Waals surface area (Å²) in [5, 5.41) is 8.69. The van der Waals surface area contributed by atoms with E-state index in [2.05, 4.69) is 22.9 Å². The summed E-state index contributed by atoms with van der Waals surface area (Å²) in [6, 6.07) is 8.90. The maximum Gasteiger partial charge on any atom is 0.251 e. The minimum Gasteiger partial charge on any atom is -0.354 e. The fourth-order valence-electron chi connectivity index (χ4n) is 3.42. The van der Waals surface area contributed by atoms with Crippen LogP contribution in [0.25, 0.3) is 0 Å². The molecule has 0 radical (unpaired) electrons. The number of hydrogen-bond donors (Lipinski definition) is 3. The van der Waals surface area contributed by atoms with E-state index >= 15 is 0 Å². The molecule has 1 fully saturated rings. The topological polar surface area (TPSA) is 87.3 Å². The van der Waals surface area contributed by atoms with Gasteiger partial charge >= 0.3 is 0 Å². The van der Waals surface area contributed by atoms with Crippen molar-refractivity contribution in [3.8, 4) is 0 Å². The summed E-state index contributed by atoms with van der Waals surface area (Å²) in [6.45, 7) is 2.96. The van der Waals surface area contributed by atoms with Gasteiger partial charge in [0, 0.05) is 25.1 Å². The molecule has 148 valence electrons. The number of carbonyl (C=O) groups is 3. The Labute approximate surface area is 161 Å². The highest BCUT2D eigenvalue weighted by Crippen LogP contribution is 2.28. The van der Waals surface area contributed by atoms with Crippen molar-refractivity contribution in [2.45, 2.75) is 63.8 Å². The van der Waals surface area contributed by atoms with Crippen molar-refractivity contribution in [3.05, 3.63) is 35.9 Å². The SMILES string of the molecule is CCCCNC(=O)C1(NC(=O)CCNC(=O)c2ccccc2)CCCCC1. The van der Waals surface area contributed by atoms with Crippen molar-refractivity contribution in [1.82, 2.24) is 16.0 Å². The molecule has 0 heterocycles. The van der Waals surface area contributed by atoms with Gasteiger partial charge in [0.2, 0.25) is 11.8 Å². The number of hydrogen-bond acceptors (Lipinski definition) is 3. The molecule has 0 spiro atoms. The summed E-state index contributed by atoms with van der Waals surface area (Å²) in [4.78, 5) is 37.2. The standard InChI is InChI=1S/C21H31N3O3/c1-2-3-15-23-20(27)21(13-8-5-9-14-21)24-18(25)12-16-22-19(26)17-10-6-4-7-11-17/h4,6-7,10-11H,2-3,5,8-9,12-16H2,1H3,(H,22,26)(H,23,27)(H,24,25). The summed E-state index contributed by atoms with van der Waals surface area (Å²) in [7, 11) is 0. The second-order valence-corrected chi connectivity index (χ2v) is 7.17. The van der Waals surface area contributed by atoms with Crippen LogP contribution in [0, 0.1) is 0 Å². The number of unbranched alkanes of at least 4 members (excludes halogenated alkanes) is 1. The quantitative estimate of drug-likeness (QED) is 0.581. The second-order valence-electron chi connectivity index (χ2n) is 7.17. The Balaban J connectivity index is 1.84. The molecule has 2 rings (SSSR count). The van der Waals surface area contributed by atoms with Crippen LogP contribution in [0.5, 0.6) is 0 Å². The number of amides is 3. The maximum absolute atomic E-state index is 12.7. The normalized spacial score (nSPS) is 15.6. The predicted octanol–water partition coefficient (Wildman–Crippen LogP) is 2.54. The molecular weight excluding hydrogens is 342 g/mol. The maximum atomic E-state index is 12.7. The number of benzene rings is 1. The average molecular weight is 373 g/mol. The predicted molar refractivity (Wildman–Crippen MR) is 105 cm³/mol. The van der Waals surface area contributed by atoms with E-state index in [1.165, 1.54) is 0 Å². The van der Waals surface area contributed by atoms with Crippen molar-refractivity contribution in [2.24, 2.45) is 0 Å². The highest BCUT2D eigenvalue weighted by molar-refractivity contribution is 5.94. The molecule has 3 N–H and O–H groups in total. The number of carbonyl (C=O) groups excluding carboxylic acids is 3. The van der Waals surface area contributed by atoms with Gasteiger partial charge in [-0.1, -0.05) is 50.8 Å². The van der Waals surface area contributed by atoms with Gasteiger partial charge < -0.3 is 16.0 Å². The highest BCUT2D eigenvalue weighted by atomic mass is 16.2. The lowest BCUT2D eigenvalue weighted by atomic mass is 9.80. The Morgan fingerprint density at radius 1 is 0.963 bits per heavy atom. The molecule has 0 atom stereocenters. The molecule has 0 bridgehead atoms. The number of rotatable bonds is 9. The highest BCUT2D eigenvalue weighted by Gasteiger charge is 2.40. The second kappa shape index (κ2) is 10.7. The average Bonchev–Trinajstić information content (AvgIpc) is 2.69. The van der Waals surface area contributed by atoms with E-state index in [1.54, 1.807) is 24.3 Å². The van der Waals surface area contributed by atoms with E-state index in [-0.39, 0.29) is 30.7 Å². The van der Waals surface area contributed by atoms with Crippen molar-refractivity contribution in [3.63, 3.8) is 0 Å². The smallest absolute Gasteiger partial charge is 0.251 e. The minimum atomic E-state index is -0.799. The lowest BCUT2D eigenvalue weighted by molar-refractivity contribution is -0.135. The molecule has 3 amide bonds. The van der Waals surface area contributed by atoms with Crippen LogP contribution in [0.3, 0.4) is 0 Å². The molecule has 6 nitrogen and oxygen atoms in total. The Hall–Kier alpha value is -2.37. The van der Waals surface area contributed by atoms with Gasteiger partial charge in [-0.2, -0.15) is 0 Å². The lowest BCUT2D eigenvalue weighted by Gasteiger charge is -2.36. The number of nitrogens with one attached hydrogen (secondary N) is 3. The first-order valence-corrected chi connectivity index (χ1v) is 10.00. The Kier molecular flexibility index (Phi) is 8.30. The molecule has 6 heteroatoms. The van der Waals surface area contributed by atoms with Gasteiger partial charge in [0.05, 0.1) is 0 Å². The molecule has 1 saturated carbocycles. The third-order valence-electron chi connectivity index (χ3n) is 5.01. The van der Waals surface area contributed by atoms with E-state index in [0.29, 0.717) is 24.9 Å². The van der Waals surface area contributed by atoms with Crippen LogP contribution in [0.4, 0.5) is 0 Å². The van der Waals surface area contributed by atoms with E-state index in [4.69, 9.17) is 0 Å². The van der Waals surface area contributed by atoms with Gasteiger partial charge in [-0.15, -0.1) is 0 Å². The summed E-state index contributed by atoms with van der Waals surface area (Å²) in [5.41, 5.74) is -0.232. The molecule has 1 aliphatic carbocycles. The van der Waals surface area contributed by atoms with Gasteiger partial charge in [0.1, 0.15) is 5.54 Å². The van der Waals surface area contributed by atoms with Gasteiger partial charge in [0.15, 0.2) is 0 Å². The van der Waals surface area contributed by atoms with Crippen LogP contribution in [0.2, 0.25) is 0 Å². The lowest BCUT2D eigenvalue weighted by Crippen LogP contribution is -2.60. The van der Waals surface area contributed by atoms with E-state index < -0.39 is 5.54 Å². The van der Waals surface area contributed by atoms with Crippen LogP contribution in [0.1, 0.15) is 68.6 Å². The summed E-state index contributed by atoms with van der Waals surface area (Å²) < 4.78 is 0. The van der Waals surface area contributed by atoms with Gasteiger partial charge in [-0.3, -0.25) is 14.4 Å². The molecule has 0 saturated heterocycles. The van der Waals surface area contributed by atoms with Gasteiger partial charge in [-0.05, 0) is 31.4 Å². The molecule has 1 aromatic rings. The molecule has 0 aliphatic heterocycles. The van der Waals surface area contributed by atoms with Gasteiger partial charge in [-0.25, -0.2) is 0 Å². The monoisotopic (exact) mass is 373 g/mol. The summed E-state index contributed by atoms with van der Waals surface area (Å²) in [6.07, 6.45) is 6.41. The molecule has 0 unspecified atom stereocenters.